The van der Waals surface area contributed by atoms with E-state index in [0.717, 1.165) is 5.56 Å². The van der Waals surface area contributed by atoms with Gasteiger partial charge in [-0.1, -0.05) is 24.3 Å². The van der Waals surface area contributed by atoms with Crippen LogP contribution in [-0.2, 0) is 0 Å². The fraction of sp³-hybridized carbons (Fsp3) is 0.188. The number of hydrogen-bond acceptors (Lipinski definition) is 3. The molecule has 0 saturated carbocycles. The number of carboxylic acid groups (broad SMARTS) is 1. The van der Waals surface area contributed by atoms with Gasteiger partial charge in [-0.05, 0) is 24.6 Å². The van der Waals surface area contributed by atoms with Crippen molar-refractivity contribution >= 4 is 5.97 Å². The third-order valence-electron chi connectivity index (χ3n) is 3.17. The van der Waals surface area contributed by atoms with Crippen molar-refractivity contribution in [2.75, 3.05) is 14.2 Å². The van der Waals surface area contributed by atoms with Crippen molar-refractivity contribution in [1.82, 2.24) is 0 Å². The smallest absolute Gasteiger partial charge is 0.336 e. The quantitative estimate of drug-likeness (QED) is 0.927. The summed E-state index contributed by atoms with van der Waals surface area (Å²) in [5.41, 5.74) is 2.31. The molecule has 0 fully saturated rings. The minimum absolute atomic E-state index is 0.192. The summed E-state index contributed by atoms with van der Waals surface area (Å²) >= 11 is 0. The Morgan fingerprint density at radius 2 is 1.75 bits per heavy atom. The molecule has 4 nitrogen and oxygen atoms in total. The van der Waals surface area contributed by atoms with E-state index in [1.54, 1.807) is 25.3 Å². The number of para-hydroxylation sites is 1. The molecular formula is C16H16O4. The van der Waals surface area contributed by atoms with Gasteiger partial charge < -0.3 is 14.6 Å². The first kappa shape index (κ1) is 13.9. The Balaban J connectivity index is 2.83. The van der Waals surface area contributed by atoms with E-state index in [1.165, 1.54) is 7.11 Å². The minimum Gasteiger partial charge on any atom is -0.496 e. The highest BCUT2D eigenvalue weighted by atomic mass is 16.5. The van der Waals surface area contributed by atoms with Gasteiger partial charge in [-0.2, -0.15) is 0 Å². The van der Waals surface area contributed by atoms with Gasteiger partial charge in [0.25, 0.3) is 0 Å². The molecule has 0 spiro atoms. The van der Waals surface area contributed by atoms with Crippen LogP contribution in [0, 0.1) is 6.92 Å². The molecule has 2 aromatic rings. The first-order valence-electron chi connectivity index (χ1n) is 6.14. The fourth-order valence-electron chi connectivity index (χ4n) is 2.25. The third kappa shape index (κ3) is 2.32. The fourth-order valence-corrected chi connectivity index (χ4v) is 2.25. The molecule has 0 radical (unpaired) electrons. The van der Waals surface area contributed by atoms with E-state index in [9.17, 15) is 9.90 Å². The molecule has 2 aromatic carbocycles. The molecule has 20 heavy (non-hydrogen) atoms. The van der Waals surface area contributed by atoms with Gasteiger partial charge in [-0.15, -0.1) is 0 Å². The first-order chi connectivity index (χ1) is 9.60. The maximum atomic E-state index is 11.5. The number of aryl methyl sites for hydroxylation is 1. The molecule has 2 rings (SSSR count). The molecule has 0 saturated heterocycles. The average Bonchev–Trinajstić information content (AvgIpc) is 2.46. The summed E-state index contributed by atoms with van der Waals surface area (Å²) in [6.45, 7) is 1.88. The van der Waals surface area contributed by atoms with Crippen LogP contribution in [-0.4, -0.2) is 25.3 Å². The zero-order chi connectivity index (χ0) is 14.7. The second kappa shape index (κ2) is 5.65. The molecule has 0 aromatic heterocycles. The van der Waals surface area contributed by atoms with Crippen LogP contribution < -0.4 is 9.47 Å². The zero-order valence-corrected chi connectivity index (χ0v) is 11.6. The number of carbonyl (C=O) groups is 1. The summed E-state index contributed by atoms with van der Waals surface area (Å²) < 4.78 is 10.7. The second-order valence-corrected chi connectivity index (χ2v) is 4.34. The number of carboxylic acids is 1. The van der Waals surface area contributed by atoms with E-state index in [0.29, 0.717) is 22.6 Å². The highest BCUT2D eigenvalue weighted by Crippen LogP contribution is 2.40. The van der Waals surface area contributed by atoms with Crippen LogP contribution in [0.4, 0.5) is 0 Å². The molecule has 0 bridgehead atoms. The standard InChI is InChI=1S/C16H16O4/c1-10-8-9-12(16(17)18)14(15(10)20-3)11-6-4-5-7-13(11)19-2/h4-9H,1-3H3,(H,17,18). The van der Waals surface area contributed by atoms with Gasteiger partial charge in [-0.3, -0.25) is 0 Å². The van der Waals surface area contributed by atoms with Crippen LogP contribution in [0.1, 0.15) is 15.9 Å². The van der Waals surface area contributed by atoms with Gasteiger partial charge in [0, 0.05) is 11.1 Å². The van der Waals surface area contributed by atoms with Gasteiger partial charge in [-0.25, -0.2) is 4.79 Å². The van der Waals surface area contributed by atoms with Crippen LogP contribution in [0.2, 0.25) is 0 Å². The lowest BCUT2D eigenvalue weighted by atomic mass is 9.95. The Bertz CT molecular complexity index is 647. The van der Waals surface area contributed by atoms with Crippen molar-refractivity contribution in [1.29, 1.82) is 0 Å². The van der Waals surface area contributed by atoms with Crippen molar-refractivity contribution in [3.8, 4) is 22.6 Å². The summed E-state index contributed by atoms with van der Waals surface area (Å²) in [6, 6.07) is 10.6. The monoisotopic (exact) mass is 272 g/mol. The summed E-state index contributed by atoms with van der Waals surface area (Å²) in [6.07, 6.45) is 0. The lowest BCUT2D eigenvalue weighted by Gasteiger charge is -2.16. The van der Waals surface area contributed by atoms with Crippen molar-refractivity contribution < 1.29 is 19.4 Å². The topological polar surface area (TPSA) is 55.8 Å². The number of aromatic carboxylic acids is 1. The van der Waals surface area contributed by atoms with Gasteiger partial charge in [0.1, 0.15) is 11.5 Å². The van der Waals surface area contributed by atoms with E-state index in [-0.39, 0.29) is 5.56 Å². The molecule has 0 atom stereocenters. The lowest BCUT2D eigenvalue weighted by molar-refractivity contribution is 0.0697. The number of hydrogen-bond donors (Lipinski definition) is 1. The molecule has 0 aliphatic carbocycles. The predicted molar refractivity (Wildman–Crippen MR) is 76.7 cm³/mol. The van der Waals surface area contributed by atoms with Crippen LogP contribution in [0.3, 0.4) is 0 Å². The van der Waals surface area contributed by atoms with Gasteiger partial charge in [0.05, 0.1) is 19.8 Å². The van der Waals surface area contributed by atoms with Crippen LogP contribution in [0.5, 0.6) is 11.5 Å². The number of benzene rings is 2. The molecule has 0 heterocycles. The maximum Gasteiger partial charge on any atom is 0.336 e. The van der Waals surface area contributed by atoms with E-state index >= 15 is 0 Å². The van der Waals surface area contributed by atoms with Crippen LogP contribution in [0.15, 0.2) is 36.4 Å². The van der Waals surface area contributed by atoms with Crippen molar-refractivity contribution in [3.63, 3.8) is 0 Å². The maximum absolute atomic E-state index is 11.5. The van der Waals surface area contributed by atoms with Gasteiger partial charge in [0.2, 0.25) is 0 Å². The Morgan fingerprint density at radius 3 is 2.35 bits per heavy atom. The summed E-state index contributed by atoms with van der Waals surface area (Å²) in [5, 5.41) is 9.41. The Kier molecular flexibility index (Phi) is 3.94. The molecule has 0 aliphatic rings. The molecule has 104 valence electrons. The van der Waals surface area contributed by atoms with Crippen molar-refractivity contribution in [2.24, 2.45) is 0 Å². The van der Waals surface area contributed by atoms with Crippen molar-refractivity contribution in [2.45, 2.75) is 6.92 Å². The average molecular weight is 272 g/mol. The Labute approximate surface area is 117 Å². The zero-order valence-electron chi connectivity index (χ0n) is 11.6. The summed E-state index contributed by atoms with van der Waals surface area (Å²) in [4.78, 5) is 11.5. The highest BCUT2D eigenvalue weighted by molar-refractivity contribution is 5.99. The summed E-state index contributed by atoms with van der Waals surface area (Å²) in [7, 11) is 3.09. The van der Waals surface area contributed by atoms with E-state index in [4.69, 9.17) is 9.47 Å². The normalized spacial score (nSPS) is 10.2. The van der Waals surface area contributed by atoms with Crippen LogP contribution >= 0.6 is 0 Å². The highest BCUT2D eigenvalue weighted by Gasteiger charge is 2.20. The molecule has 0 unspecified atom stereocenters. The summed E-state index contributed by atoms with van der Waals surface area (Å²) in [5.74, 6) is 0.164. The van der Waals surface area contributed by atoms with E-state index < -0.39 is 5.97 Å². The Morgan fingerprint density at radius 1 is 1.05 bits per heavy atom. The predicted octanol–water partition coefficient (Wildman–Crippen LogP) is 3.38. The van der Waals surface area contributed by atoms with Gasteiger partial charge >= 0.3 is 5.97 Å². The number of methoxy groups -OCH3 is 2. The molecule has 4 heteroatoms. The van der Waals surface area contributed by atoms with E-state index in [2.05, 4.69) is 0 Å². The van der Waals surface area contributed by atoms with Crippen LogP contribution in [0.25, 0.3) is 11.1 Å². The molecule has 0 amide bonds. The van der Waals surface area contributed by atoms with Crippen molar-refractivity contribution in [3.05, 3.63) is 47.5 Å². The Hall–Kier alpha value is -2.49. The molecule has 0 aliphatic heterocycles. The largest absolute Gasteiger partial charge is 0.496 e. The lowest BCUT2D eigenvalue weighted by Crippen LogP contribution is -2.04. The number of ether oxygens (including phenoxy) is 2. The first-order valence-corrected chi connectivity index (χ1v) is 6.14. The minimum atomic E-state index is -0.996. The van der Waals surface area contributed by atoms with E-state index in [1.807, 2.05) is 25.1 Å². The molecule has 1 N–H and O–H groups in total. The van der Waals surface area contributed by atoms with Gasteiger partial charge in [0.15, 0.2) is 0 Å². The third-order valence-corrected chi connectivity index (χ3v) is 3.17. The number of rotatable bonds is 4. The second-order valence-electron chi connectivity index (χ2n) is 4.34. The SMILES string of the molecule is COc1ccccc1-c1c(C(=O)O)ccc(C)c1OC. The molecular weight excluding hydrogens is 256 g/mol.